The molecule has 0 bridgehead atoms. The van der Waals surface area contributed by atoms with E-state index in [1.165, 1.54) is 22.7 Å². The molecule has 0 aliphatic heterocycles. The summed E-state index contributed by atoms with van der Waals surface area (Å²) < 4.78 is 0. The summed E-state index contributed by atoms with van der Waals surface area (Å²) in [7, 11) is 0. The summed E-state index contributed by atoms with van der Waals surface area (Å²) in [6, 6.07) is 0.567. The molecule has 100 valence electrons. The lowest BCUT2D eigenvalue weighted by molar-refractivity contribution is -0.140. The Morgan fingerprint density at radius 3 is 2.79 bits per heavy atom. The van der Waals surface area contributed by atoms with Gasteiger partial charge < -0.3 is 15.5 Å². The van der Waals surface area contributed by atoms with Gasteiger partial charge in [-0.05, 0) is 11.4 Å². The zero-order valence-corrected chi connectivity index (χ0v) is 11.2. The van der Waals surface area contributed by atoms with Crippen LogP contribution in [0.25, 0.3) is 10.6 Å². The van der Waals surface area contributed by atoms with Crippen LogP contribution in [0.15, 0.2) is 22.2 Å². The van der Waals surface area contributed by atoms with Crippen molar-refractivity contribution in [1.82, 2.24) is 10.3 Å². The average Bonchev–Trinajstić information content (AvgIpc) is 3.04. The van der Waals surface area contributed by atoms with Crippen LogP contribution in [0, 0.1) is 0 Å². The largest absolute Gasteiger partial charge is 0.480 e. The van der Waals surface area contributed by atoms with Crippen molar-refractivity contribution in [2.45, 2.75) is 6.04 Å². The number of hydrogen-bond donors (Lipinski definition) is 3. The SMILES string of the molecule is O=C(NC(CO)C(=O)O)c1csc(-c2ccsc2)n1. The van der Waals surface area contributed by atoms with Gasteiger partial charge in [0.1, 0.15) is 10.7 Å². The predicted octanol–water partition coefficient (Wildman–Crippen LogP) is 1.05. The molecular weight excluding hydrogens is 288 g/mol. The Labute approximate surface area is 116 Å². The van der Waals surface area contributed by atoms with E-state index in [-0.39, 0.29) is 5.69 Å². The first-order valence-electron chi connectivity index (χ1n) is 5.24. The lowest BCUT2D eigenvalue weighted by atomic mass is 10.3. The summed E-state index contributed by atoms with van der Waals surface area (Å²) in [6.07, 6.45) is 0. The molecule has 1 amide bonds. The number of thiazole rings is 1. The fraction of sp³-hybridized carbons (Fsp3) is 0.182. The minimum Gasteiger partial charge on any atom is -0.480 e. The van der Waals surface area contributed by atoms with Gasteiger partial charge in [-0.15, -0.1) is 11.3 Å². The zero-order valence-electron chi connectivity index (χ0n) is 9.57. The fourth-order valence-corrected chi connectivity index (χ4v) is 2.83. The highest BCUT2D eigenvalue weighted by molar-refractivity contribution is 7.14. The van der Waals surface area contributed by atoms with E-state index in [1.807, 2.05) is 16.8 Å². The monoisotopic (exact) mass is 298 g/mol. The van der Waals surface area contributed by atoms with E-state index in [4.69, 9.17) is 10.2 Å². The summed E-state index contributed by atoms with van der Waals surface area (Å²) >= 11 is 2.83. The molecule has 6 nitrogen and oxygen atoms in total. The van der Waals surface area contributed by atoms with Gasteiger partial charge in [-0.25, -0.2) is 9.78 Å². The number of rotatable bonds is 5. The van der Waals surface area contributed by atoms with Gasteiger partial charge in [0, 0.05) is 16.3 Å². The van der Waals surface area contributed by atoms with Crippen molar-refractivity contribution in [2.75, 3.05) is 6.61 Å². The third-order valence-electron chi connectivity index (χ3n) is 2.29. The number of carboxylic acid groups (broad SMARTS) is 1. The molecule has 3 N–H and O–H groups in total. The van der Waals surface area contributed by atoms with Gasteiger partial charge >= 0.3 is 5.97 Å². The number of amides is 1. The number of aliphatic carboxylic acids is 1. The normalized spacial score (nSPS) is 12.1. The van der Waals surface area contributed by atoms with Crippen molar-refractivity contribution in [1.29, 1.82) is 0 Å². The number of carboxylic acids is 1. The maximum absolute atomic E-state index is 11.8. The maximum Gasteiger partial charge on any atom is 0.328 e. The van der Waals surface area contributed by atoms with Crippen molar-refractivity contribution < 1.29 is 19.8 Å². The number of aromatic nitrogens is 1. The molecular formula is C11H10N2O4S2. The molecule has 0 aliphatic carbocycles. The highest BCUT2D eigenvalue weighted by Gasteiger charge is 2.21. The van der Waals surface area contributed by atoms with Crippen molar-refractivity contribution in [2.24, 2.45) is 0 Å². The number of nitrogens with one attached hydrogen (secondary N) is 1. The molecule has 0 saturated heterocycles. The number of thiophene rings is 1. The van der Waals surface area contributed by atoms with Gasteiger partial charge in [0.05, 0.1) is 6.61 Å². The van der Waals surface area contributed by atoms with Gasteiger partial charge in [-0.2, -0.15) is 11.3 Å². The van der Waals surface area contributed by atoms with Crippen LogP contribution in [-0.2, 0) is 4.79 Å². The Morgan fingerprint density at radius 2 is 2.21 bits per heavy atom. The van der Waals surface area contributed by atoms with Gasteiger partial charge in [-0.3, -0.25) is 4.79 Å². The third kappa shape index (κ3) is 3.16. The average molecular weight is 298 g/mol. The van der Waals surface area contributed by atoms with Gasteiger partial charge in [0.25, 0.3) is 5.91 Å². The molecule has 19 heavy (non-hydrogen) atoms. The number of carbonyl (C=O) groups is 2. The number of aliphatic hydroxyl groups excluding tert-OH is 1. The first kappa shape index (κ1) is 13.7. The van der Waals surface area contributed by atoms with E-state index in [2.05, 4.69) is 10.3 Å². The Hall–Kier alpha value is -1.77. The van der Waals surface area contributed by atoms with Crippen LogP contribution in [-0.4, -0.2) is 39.7 Å². The molecule has 0 spiro atoms. The van der Waals surface area contributed by atoms with E-state index < -0.39 is 24.5 Å². The summed E-state index contributed by atoms with van der Waals surface area (Å²) in [6.45, 7) is -0.664. The second-order valence-corrected chi connectivity index (χ2v) is 5.23. The van der Waals surface area contributed by atoms with Crippen molar-refractivity contribution in [3.05, 3.63) is 27.9 Å². The molecule has 0 saturated carbocycles. The van der Waals surface area contributed by atoms with Crippen LogP contribution in [0.5, 0.6) is 0 Å². The van der Waals surface area contributed by atoms with E-state index in [0.29, 0.717) is 5.01 Å². The number of aliphatic hydroxyl groups is 1. The molecule has 2 aromatic rings. The summed E-state index contributed by atoms with van der Waals surface area (Å²) in [5.74, 6) is -1.90. The summed E-state index contributed by atoms with van der Waals surface area (Å²) in [4.78, 5) is 26.6. The maximum atomic E-state index is 11.8. The van der Waals surface area contributed by atoms with E-state index in [0.717, 1.165) is 5.56 Å². The number of hydrogen-bond acceptors (Lipinski definition) is 6. The predicted molar refractivity (Wildman–Crippen MR) is 71.4 cm³/mol. The van der Waals surface area contributed by atoms with Crippen LogP contribution in [0.1, 0.15) is 10.5 Å². The molecule has 0 fully saturated rings. The molecule has 0 radical (unpaired) electrons. The van der Waals surface area contributed by atoms with Gasteiger partial charge in [-0.1, -0.05) is 0 Å². The number of carbonyl (C=O) groups excluding carboxylic acids is 1. The molecule has 2 heterocycles. The van der Waals surface area contributed by atoms with Crippen molar-refractivity contribution >= 4 is 34.6 Å². The Bertz CT molecular complexity index is 579. The molecule has 0 aliphatic rings. The minimum absolute atomic E-state index is 0.144. The second kappa shape index (κ2) is 5.91. The van der Waals surface area contributed by atoms with Crippen molar-refractivity contribution in [3.63, 3.8) is 0 Å². The standard InChI is InChI=1S/C11H10N2O4S2/c14-3-7(11(16)17)12-9(15)8-5-19-10(13-8)6-1-2-18-4-6/h1-2,4-5,7,14H,3H2,(H,12,15)(H,16,17). The first-order valence-corrected chi connectivity index (χ1v) is 7.06. The fourth-order valence-electron chi connectivity index (χ4n) is 1.31. The first-order chi connectivity index (χ1) is 9.11. The summed E-state index contributed by atoms with van der Waals surface area (Å²) in [5, 5.41) is 25.8. The summed E-state index contributed by atoms with van der Waals surface area (Å²) in [5.41, 5.74) is 1.07. The van der Waals surface area contributed by atoms with E-state index >= 15 is 0 Å². The highest BCUT2D eigenvalue weighted by atomic mass is 32.1. The Morgan fingerprint density at radius 1 is 1.42 bits per heavy atom. The molecule has 1 unspecified atom stereocenters. The van der Waals surface area contributed by atoms with Crippen molar-refractivity contribution in [3.8, 4) is 10.6 Å². The molecule has 2 aromatic heterocycles. The van der Waals surface area contributed by atoms with Crippen LogP contribution >= 0.6 is 22.7 Å². The van der Waals surface area contributed by atoms with Crippen LogP contribution in [0.3, 0.4) is 0 Å². The lowest BCUT2D eigenvalue weighted by Crippen LogP contribution is -2.43. The minimum atomic E-state index is -1.32. The van der Waals surface area contributed by atoms with Crippen LogP contribution in [0.2, 0.25) is 0 Å². The Balaban J connectivity index is 2.10. The smallest absolute Gasteiger partial charge is 0.328 e. The number of nitrogens with zero attached hydrogens (tertiary/aromatic N) is 1. The van der Waals surface area contributed by atoms with Crippen LogP contribution < -0.4 is 5.32 Å². The third-order valence-corrected chi connectivity index (χ3v) is 3.87. The van der Waals surface area contributed by atoms with Crippen LogP contribution in [0.4, 0.5) is 0 Å². The van der Waals surface area contributed by atoms with E-state index in [1.54, 1.807) is 5.38 Å². The highest BCUT2D eigenvalue weighted by Crippen LogP contribution is 2.25. The molecule has 8 heteroatoms. The quantitative estimate of drug-likeness (QED) is 0.766. The Kier molecular flexibility index (Phi) is 4.25. The molecule has 1 atom stereocenters. The van der Waals surface area contributed by atoms with E-state index in [9.17, 15) is 9.59 Å². The second-order valence-electron chi connectivity index (χ2n) is 3.60. The topological polar surface area (TPSA) is 99.5 Å². The zero-order chi connectivity index (χ0) is 13.8. The van der Waals surface area contributed by atoms with Gasteiger partial charge in [0.2, 0.25) is 0 Å². The molecule has 2 rings (SSSR count). The lowest BCUT2D eigenvalue weighted by Gasteiger charge is -2.09. The molecule has 0 aromatic carbocycles. The van der Waals surface area contributed by atoms with Gasteiger partial charge in [0.15, 0.2) is 6.04 Å².